The van der Waals surface area contributed by atoms with E-state index in [1.54, 1.807) is 13.3 Å². The van der Waals surface area contributed by atoms with Crippen LogP contribution in [0.4, 0.5) is 5.69 Å². The Hall–Kier alpha value is -1.80. The SMILES string of the molecule is COc1ccc(CN(c2ccnc(C3COCCN3)c2)[S+]([O-])C2CC2)cc1. The fourth-order valence-corrected chi connectivity index (χ4v) is 4.64. The maximum atomic E-state index is 13.1. The molecule has 0 amide bonds. The van der Waals surface area contributed by atoms with Crippen LogP contribution in [0.3, 0.4) is 0 Å². The lowest BCUT2D eigenvalue weighted by molar-refractivity contribution is 0.0756. The number of nitrogens with one attached hydrogen (secondary N) is 1. The molecule has 2 heterocycles. The number of hydrogen-bond donors (Lipinski definition) is 1. The molecule has 6 nitrogen and oxygen atoms in total. The van der Waals surface area contributed by atoms with E-state index >= 15 is 0 Å². The third-order valence-electron chi connectivity index (χ3n) is 4.84. The maximum absolute atomic E-state index is 13.1. The number of ether oxygens (including phenoxy) is 2. The van der Waals surface area contributed by atoms with E-state index in [1.807, 2.05) is 40.7 Å². The van der Waals surface area contributed by atoms with Gasteiger partial charge in [0.1, 0.15) is 11.0 Å². The molecule has 2 atom stereocenters. The van der Waals surface area contributed by atoms with E-state index in [2.05, 4.69) is 10.3 Å². The number of aromatic nitrogens is 1. The van der Waals surface area contributed by atoms with Crippen molar-refractivity contribution in [1.82, 2.24) is 10.3 Å². The van der Waals surface area contributed by atoms with E-state index in [0.29, 0.717) is 13.2 Å². The van der Waals surface area contributed by atoms with Crippen molar-refractivity contribution in [2.24, 2.45) is 0 Å². The molecule has 1 saturated heterocycles. The molecule has 0 radical (unpaired) electrons. The summed E-state index contributed by atoms with van der Waals surface area (Å²) in [6, 6.07) is 12.0. The van der Waals surface area contributed by atoms with Gasteiger partial charge in [-0.15, -0.1) is 0 Å². The van der Waals surface area contributed by atoms with Gasteiger partial charge in [-0.05, 0) is 29.8 Å². The first-order valence-corrected chi connectivity index (χ1v) is 10.5. The predicted molar refractivity (Wildman–Crippen MR) is 106 cm³/mol. The van der Waals surface area contributed by atoms with Crippen molar-refractivity contribution in [1.29, 1.82) is 0 Å². The van der Waals surface area contributed by atoms with Gasteiger partial charge in [-0.25, -0.2) is 0 Å². The van der Waals surface area contributed by atoms with Crippen molar-refractivity contribution < 1.29 is 14.0 Å². The minimum absolute atomic E-state index is 0.0795. The lowest BCUT2D eigenvalue weighted by Crippen LogP contribution is -2.36. The Kier molecular flexibility index (Phi) is 5.83. The van der Waals surface area contributed by atoms with Gasteiger partial charge in [0.2, 0.25) is 0 Å². The van der Waals surface area contributed by atoms with E-state index in [-0.39, 0.29) is 11.3 Å². The zero-order valence-electron chi connectivity index (χ0n) is 15.5. The normalized spacial score (nSPS) is 20.9. The second-order valence-electron chi connectivity index (χ2n) is 6.88. The molecule has 144 valence electrons. The number of methoxy groups -OCH3 is 1. The van der Waals surface area contributed by atoms with E-state index in [1.165, 1.54) is 0 Å². The lowest BCUT2D eigenvalue weighted by atomic mass is 10.1. The van der Waals surface area contributed by atoms with Gasteiger partial charge in [0.25, 0.3) is 0 Å². The summed E-state index contributed by atoms with van der Waals surface area (Å²) >= 11 is -1.05. The maximum Gasteiger partial charge on any atom is 0.141 e. The molecular formula is C20H25N3O3S. The van der Waals surface area contributed by atoms with Crippen molar-refractivity contribution in [3.63, 3.8) is 0 Å². The summed E-state index contributed by atoms with van der Waals surface area (Å²) < 4.78 is 25.9. The number of nitrogens with zero attached hydrogens (tertiary/aromatic N) is 2. The van der Waals surface area contributed by atoms with Crippen LogP contribution in [0.2, 0.25) is 0 Å². The highest BCUT2D eigenvalue weighted by Crippen LogP contribution is 2.35. The zero-order chi connectivity index (χ0) is 18.6. The Labute approximate surface area is 163 Å². The van der Waals surface area contributed by atoms with Crippen LogP contribution in [0.1, 0.15) is 30.1 Å². The first-order chi connectivity index (χ1) is 13.2. The van der Waals surface area contributed by atoms with E-state index in [4.69, 9.17) is 9.47 Å². The second kappa shape index (κ2) is 8.48. The van der Waals surface area contributed by atoms with Crippen molar-refractivity contribution >= 4 is 17.0 Å². The summed E-state index contributed by atoms with van der Waals surface area (Å²) in [4.78, 5) is 4.51. The number of hydrogen-bond acceptors (Lipinski definition) is 6. The van der Waals surface area contributed by atoms with Crippen molar-refractivity contribution in [2.45, 2.75) is 30.7 Å². The zero-order valence-corrected chi connectivity index (χ0v) is 16.3. The van der Waals surface area contributed by atoms with Crippen LogP contribution in [-0.4, -0.2) is 41.7 Å². The topological polar surface area (TPSA) is 69.7 Å². The van der Waals surface area contributed by atoms with Gasteiger partial charge in [-0.1, -0.05) is 12.1 Å². The van der Waals surface area contributed by atoms with Crippen LogP contribution in [0, 0.1) is 0 Å². The molecular weight excluding hydrogens is 362 g/mol. The Morgan fingerprint density at radius 1 is 1.30 bits per heavy atom. The van der Waals surface area contributed by atoms with Gasteiger partial charge in [0, 0.05) is 25.6 Å². The smallest absolute Gasteiger partial charge is 0.141 e. The Morgan fingerprint density at radius 3 is 2.78 bits per heavy atom. The molecule has 1 saturated carbocycles. The quantitative estimate of drug-likeness (QED) is 0.737. The molecule has 2 fully saturated rings. The van der Waals surface area contributed by atoms with Crippen molar-refractivity contribution in [3.8, 4) is 5.75 Å². The summed E-state index contributed by atoms with van der Waals surface area (Å²) in [6.45, 7) is 2.75. The van der Waals surface area contributed by atoms with Gasteiger partial charge in [-0.3, -0.25) is 4.98 Å². The van der Waals surface area contributed by atoms with Gasteiger partial charge >= 0.3 is 0 Å². The third-order valence-corrected chi connectivity index (χ3v) is 6.66. The predicted octanol–water partition coefficient (Wildman–Crippen LogP) is 2.58. The van der Waals surface area contributed by atoms with Crippen LogP contribution in [0.5, 0.6) is 5.75 Å². The highest BCUT2D eigenvalue weighted by molar-refractivity contribution is 7.93. The monoisotopic (exact) mass is 387 g/mol. The summed E-state index contributed by atoms with van der Waals surface area (Å²) in [7, 11) is 1.66. The minimum Gasteiger partial charge on any atom is -0.593 e. The molecule has 2 aliphatic rings. The average Bonchev–Trinajstić information content (AvgIpc) is 3.58. The van der Waals surface area contributed by atoms with Crippen LogP contribution in [0.25, 0.3) is 0 Å². The van der Waals surface area contributed by atoms with Crippen molar-refractivity contribution in [2.75, 3.05) is 31.2 Å². The van der Waals surface area contributed by atoms with E-state index in [0.717, 1.165) is 48.7 Å². The average molecular weight is 388 g/mol. The number of rotatable bonds is 7. The lowest BCUT2D eigenvalue weighted by Gasteiger charge is -2.28. The Bertz CT molecular complexity index is 748. The molecule has 0 bridgehead atoms. The number of anilines is 1. The molecule has 1 aromatic heterocycles. The standard InChI is InChI=1S/C20H25N3O3S/c1-25-17-4-2-15(3-5-17)13-23(27(24)18-6-7-18)16-8-9-21-19(12-16)20-14-26-11-10-22-20/h2-5,8-9,12,18,20,22H,6-7,10-11,13-14H2,1H3. The largest absolute Gasteiger partial charge is 0.593 e. The fourth-order valence-electron chi connectivity index (χ4n) is 3.14. The van der Waals surface area contributed by atoms with E-state index in [9.17, 15) is 4.55 Å². The second-order valence-corrected chi connectivity index (χ2v) is 8.54. The molecule has 27 heavy (non-hydrogen) atoms. The molecule has 1 aromatic carbocycles. The Morgan fingerprint density at radius 2 is 2.11 bits per heavy atom. The summed E-state index contributed by atoms with van der Waals surface area (Å²) in [6.07, 6.45) is 3.86. The fraction of sp³-hybridized carbons (Fsp3) is 0.450. The van der Waals surface area contributed by atoms with Gasteiger partial charge < -0.3 is 19.3 Å². The number of morpholine rings is 1. The molecule has 7 heteroatoms. The number of pyridine rings is 1. The minimum atomic E-state index is -1.05. The number of benzene rings is 1. The third kappa shape index (κ3) is 4.55. The van der Waals surface area contributed by atoms with Crippen molar-refractivity contribution in [3.05, 3.63) is 53.9 Å². The van der Waals surface area contributed by atoms with Crippen LogP contribution in [-0.2, 0) is 22.6 Å². The van der Waals surface area contributed by atoms with Crippen LogP contribution < -0.4 is 14.4 Å². The molecule has 1 aliphatic carbocycles. The molecule has 1 N–H and O–H groups in total. The summed E-state index contributed by atoms with van der Waals surface area (Å²) in [5.74, 6) is 0.822. The van der Waals surface area contributed by atoms with Crippen LogP contribution >= 0.6 is 0 Å². The molecule has 1 aliphatic heterocycles. The molecule has 0 spiro atoms. The summed E-state index contributed by atoms with van der Waals surface area (Å²) in [5.41, 5.74) is 2.97. The van der Waals surface area contributed by atoms with Gasteiger partial charge in [0.05, 0.1) is 55.7 Å². The first-order valence-electron chi connectivity index (χ1n) is 9.33. The molecule has 4 rings (SSSR count). The molecule has 2 aromatic rings. The highest BCUT2D eigenvalue weighted by atomic mass is 32.2. The van der Waals surface area contributed by atoms with E-state index < -0.39 is 11.4 Å². The molecule has 2 unspecified atom stereocenters. The first kappa shape index (κ1) is 18.6. The highest BCUT2D eigenvalue weighted by Gasteiger charge is 2.39. The van der Waals surface area contributed by atoms with Gasteiger partial charge in [0.15, 0.2) is 0 Å². The van der Waals surface area contributed by atoms with Crippen LogP contribution in [0.15, 0.2) is 42.6 Å². The Balaban J connectivity index is 1.58. The summed E-state index contributed by atoms with van der Waals surface area (Å²) in [5, 5.41) is 3.69. The van der Waals surface area contributed by atoms with Gasteiger partial charge in [-0.2, -0.15) is 4.31 Å².